The van der Waals surface area contributed by atoms with Crippen LogP contribution in [-0.4, -0.2) is 13.1 Å². The van der Waals surface area contributed by atoms with E-state index in [2.05, 4.69) is 4.74 Å². The molecule has 1 aromatic rings. The standard InChI is InChI=1S/C10H10ClNO2/c1-14-10(13)5-3-7-2-4-8(11)9(12)6-7/h2-6H,12H2,1H3. The van der Waals surface area contributed by atoms with E-state index >= 15 is 0 Å². The number of halogens is 1. The molecular formula is C10H10ClNO2. The van der Waals surface area contributed by atoms with Crippen LogP contribution in [0.15, 0.2) is 24.3 Å². The van der Waals surface area contributed by atoms with Crippen LogP contribution in [0.25, 0.3) is 6.08 Å². The van der Waals surface area contributed by atoms with E-state index in [0.717, 1.165) is 5.56 Å². The van der Waals surface area contributed by atoms with E-state index < -0.39 is 5.97 Å². The fraction of sp³-hybridized carbons (Fsp3) is 0.100. The molecule has 3 nitrogen and oxygen atoms in total. The summed E-state index contributed by atoms with van der Waals surface area (Å²) in [7, 11) is 1.32. The van der Waals surface area contributed by atoms with Crippen molar-refractivity contribution in [2.75, 3.05) is 12.8 Å². The highest BCUT2D eigenvalue weighted by molar-refractivity contribution is 6.33. The fourth-order valence-electron chi connectivity index (χ4n) is 0.898. The van der Waals surface area contributed by atoms with Gasteiger partial charge in [0.05, 0.1) is 17.8 Å². The Hall–Kier alpha value is -1.48. The zero-order valence-electron chi connectivity index (χ0n) is 7.66. The van der Waals surface area contributed by atoms with Crippen molar-refractivity contribution in [1.82, 2.24) is 0 Å². The van der Waals surface area contributed by atoms with Crippen LogP contribution >= 0.6 is 11.6 Å². The smallest absolute Gasteiger partial charge is 0.330 e. The summed E-state index contributed by atoms with van der Waals surface area (Å²) in [5.74, 6) is -0.404. The first kappa shape index (κ1) is 10.6. The third kappa shape index (κ3) is 2.78. The lowest BCUT2D eigenvalue weighted by Gasteiger charge is -1.98. The third-order valence-corrected chi connectivity index (χ3v) is 1.98. The largest absolute Gasteiger partial charge is 0.466 e. The first-order valence-corrected chi connectivity index (χ1v) is 4.32. The number of nitrogen functional groups attached to an aromatic ring is 1. The second-order valence-electron chi connectivity index (χ2n) is 2.64. The normalized spacial score (nSPS) is 10.4. The number of methoxy groups -OCH3 is 1. The number of hydrogen-bond acceptors (Lipinski definition) is 3. The van der Waals surface area contributed by atoms with E-state index in [1.54, 1.807) is 24.3 Å². The zero-order chi connectivity index (χ0) is 10.6. The van der Waals surface area contributed by atoms with Crippen LogP contribution in [0.3, 0.4) is 0 Å². The summed E-state index contributed by atoms with van der Waals surface area (Å²) < 4.78 is 4.44. The number of carbonyl (C=O) groups is 1. The molecule has 0 aliphatic carbocycles. The average molecular weight is 212 g/mol. The molecule has 0 bridgehead atoms. The minimum absolute atomic E-state index is 0.404. The molecule has 74 valence electrons. The quantitative estimate of drug-likeness (QED) is 0.463. The van der Waals surface area contributed by atoms with Crippen molar-refractivity contribution in [2.45, 2.75) is 0 Å². The van der Waals surface area contributed by atoms with E-state index in [9.17, 15) is 4.79 Å². The minimum atomic E-state index is -0.404. The van der Waals surface area contributed by atoms with Gasteiger partial charge in [0.25, 0.3) is 0 Å². The summed E-state index contributed by atoms with van der Waals surface area (Å²) in [5, 5.41) is 0.500. The predicted molar refractivity (Wildman–Crippen MR) is 56.9 cm³/mol. The Morgan fingerprint density at radius 1 is 1.57 bits per heavy atom. The molecule has 0 aliphatic heterocycles. The molecule has 1 rings (SSSR count). The van der Waals surface area contributed by atoms with E-state index in [-0.39, 0.29) is 0 Å². The monoisotopic (exact) mass is 211 g/mol. The predicted octanol–water partition coefficient (Wildman–Crippen LogP) is 2.11. The van der Waals surface area contributed by atoms with Crippen molar-refractivity contribution in [2.24, 2.45) is 0 Å². The lowest BCUT2D eigenvalue weighted by Crippen LogP contribution is -1.93. The lowest BCUT2D eigenvalue weighted by molar-refractivity contribution is -0.134. The van der Waals surface area contributed by atoms with Gasteiger partial charge in [-0.3, -0.25) is 0 Å². The molecule has 0 saturated heterocycles. The van der Waals surface area contributed by atoms with Crippen LogP contribution < -0.4 is 5.73 Å². The SMILES string of the molecule is COC(=O)C=Cc1ccc(Cl)c(N)c1. The van der Waals surface area contributed by atoms with Crippen molar-refractivity contribution >= 4 is 29.3 Å². The van der Waals surface area contributed by atoms with Crippen molar-refractivity contribution < 1.29 is 9.53 Å². The van der Waals surface area contributed by atoms with Gasteiger partial charge >= 0.3 is 5.97 Å². The number of hydrogen-bond donors (Lipinski definition) is 1. The molecule has 0 unspecified atom stereocenters. The maximum Gasteiger partial charge on any atom is 0.330 e. The summed E-state index contributed by atoms with van der Waals surface area (Å²) in [6.45, 7) is 0. The van der Waals surface area contributed by atoms with E-state index in [1.165, 1.54) is 13.2 Å². The average Bonchev–Trinajstić information content (AvgIpc) is 2.19. The molecular weight excluding hydrogens is 202 g/mol. The molecule has 0 saturated carbocycles. The molecule has 0 amide bonds. The van der Waals surface area contributed by atoms with E-state index in [1.807, 2.05) is 0 Å². The molecule has 0 heterocycles. The highest BCUT2D eigenvalue weighted by atomic mass is 35.5. The molecule has 0 spiro atoms. The number of benzene rings is 1. The fourth-order valence-corrected chi connectivity index (χ4v) is 1.02. The number of ether oxygens (including phenoxy) is 1. The lowest BCUT2D eigenvalue weighted by atomic mass is 10.2. The van der Waals surface area contributed by atoms with Gasteiger partial charge in [0.15, 0.2) is 0 Å². The Balaban J connectivity index is 2.83. The van der Waals surface area contributed by atoms with Crippen LogP contribution in [0.5, 0.6) is 0 Å². The highest BCUT2D eigenvalue weighted by Crippen LogP contribution is 2.19. The highest BCUT2D eigenvalue weighted by Gasteiger charge is 1.96. The van der Waals surface area contributed by atoms with Crippen LogP contribution in [0.1, 0.15) is 5.56 Å². The Kier molecular flexibility index (Phi) is 3.54. The Morgan fingerprint density at radius 2 is 2.29 bits per heavy atom. The maximum atomic E-state index is 10.8. The Labute approximate surface area is 87.1 Å². The zero-order valence-corrected chi connectivity index (χ0v) is 8.41. The topological polar surface area (TPSA) is 52.3 Å². The molecule has 4 heteroatoms. The van der Waals surface area contributed by atoms with Crippen molar-refractivity contribution in [3.8, 4) is 0 Å². The molecule has 0 aliphatic rings. The van der Waals surface area contributed by atoms with Crippen molar-refractivity contribution in [3.05, 3.63) is 34.9 Å². The summed E-state index contributed by atoms with van der Waals surface area (Å²) in [5.41, 5.74) is 6.87. The van der Waals surface area contributed by atoms with Gasteiger partial charge in [0.1, 0.15) is 0 Å². The molecule has 0 fully saturated rings. The summed E-state index contributed by atoms with van der Waals surface area (Å²) in [6.07, 6.45) is 2.93. The minimum Gasteiger partial charge on any atom is -0.466 e. The van der Waals surface area contributed by atoms with Gasteiger partial charge in [-0.25, -0.2) is 4.79 Å². The number of carbonyl (C=O) groups excluding carboxylic acids is 1. The molecule has 14 heavy (non-hydrogen) atoms. The van der Waals surface area contributed by atoms with Crippen LogP contribution in [-0.2, 0) is 9.53 Å². The molecule has 1 aromatic carbocycles. The van der Waals surface area contributed by atoms with E-state index in [0.29, 0.717) is 10.7 Å². The number of esters is 1. The van der Waals surface area contributed by atoms with Gasteiger partial charge in [0, 0.05) is 6.08 Å². The van der Waals surface area contributed by atoms with Crippen molar-refractivity contribution in [3.63, 3.8) is 0 Å². The van der Waals surface area contributed by atoms with Crippen LogP contribution in [0.4, 0.5) is 5.69 Å². The van der Waals surface area contributed by atoms with Crippen LogP contribution in [0, 0.1) is 0 Å². The first-order valence-electron chi connectivity index (χ1n) is 3.94. The summed E-state index contributed by atoms with van der Waals surface area (Å²) in [4.78, 5) is 10.8. The maximum absolute atomic E-state index is 10.8. The Morgan fingerprint density at radius 3 is 2.86 bits per heavy atom. The Bertz CT molecular complexity index is 374. The van der Waals surface area contributed by atoms with Gasteiger partial charge in [-0.1, -0.05) is 17.7 Å². The summed E-state index contributed by atoms with van der Waals surface area (Å²) >= 11 is 5.73. The van der Waals surface area contributed by atoms with Gasteiger partial charge in [-0.2, -0.15) is 0 Å². The number of nitrogens with two attached hydrogens (primary N) is 1. The van der Waals surface area contributed by atoms with Crippen molar-refractivity contribution in [1.29, 1.82) is 0 Å². The van der Waals surface area contributed by atoms with Crippen LogP contribution in [0.2, 0.25) is 5.02 Å². The molecule has 0 atom stereocenters. The van der Waals surface area contributed by atoms with Gasteiger partial charge < -0.3 is 10.5 Å². The molecule has 2 N–H and O–H groups in total. The van der Waals surface area contributed by atoms with Gasteiger partial charge in [-0.15, -0.1) is 0 Å². The third-order valence-electron chi connectivity index (χ3n) is 1.63. The molecule has 0 aromatic heterocycles. The second kappa shape index (κ2) is 4.67. The molecule has 0 radical (unpaired) electrons. The second-order valence-corrected chi connectivity index (χ2v) is 3.04. The summed E-state index contributed by atoms with van der Waals surface area (Å²) in [6, 6.07) is 5.12. The number of anilines is 1. The number of rotatable bonds is 2. The van der Waals surface area contributed by atoms with Gasteiger partial charge in [-0.05, 0) is 23.8 Å². The van der Waals surface area contributed by atoms with E-state index in [4.69, 9.17) is 17.3 Å². The first-order chi connectivity index (χ1) is 6.63. The van der Waals surface area contributed by atoms with Gasteiger partial charge in [0.2, 0.25) is 0 Å².